The molecule has 1 aromatic heterocycles. The maximum atomic E-state index is 12.2. The van der Waals surface area contributed by atoms with Gasteiger partial charge in [0.2, 0.25) is 0 Å². The number of carbonyl (C=O) groups excluding carboxylic acids is 1. The SMILES string of the molecule is COc1cccc(NC(=O)c2cc(-c3ccccc3)on2)c1. The second-order valence-corrected chi connectivity index (χ2v) is 4.63. The highest BCUT2D eigenvalue weighted by Gasteiger charge is 2.14. The highest BCUT2D eigenvalue weighted by atomic mass is 16.5. The van der Waals surface area contributed by atoms with Crippen LogP contribution < -0.4 is 10.1 Å². The molecule has 0 saturated heterocycles. The Balaban J connectivity index is 1.77. The molecule has 110 valence electrons. The zero-order valence-electron chi connectivity index (χ0n) is 11.9. The van der Waals surface area contributed by atoms with Crippen LogP contribution in [0.2, 0.25) is 0 Å². The quantitative estimate of drug-likeness (QED) is 0.798. The van der Waals surface area contributed by atoms with E-state index in [2.05, 4.69) is 10.5 Å². The summed E-state index contributed by atoms with van der Waals surface area (Å²) in [5.74, 6) is 0.888. The molecular formula is C17H14N2O3. The van der Waals surface area contributed by atoms with E-state index < -0.39 is 0 Å². The fourth-order valence-electron chi connectivity index (χ4n) is 2.02. The van der Waals surface area contributed by atoms with Gasteiger partial charge in [-0.1, -0.05) is 41.6 Å². The first-order valence-electron chi connectivity index (χ1n) is 6.74. The van der Waals surface area contributed by atoms with Gasteiger partial charge in [0.25, 0.3) is 5.91 Å². The van der Waals surface area contributed by atoms with Crippen molar-refractivity contribution in [3.05, 3.63) is 66.4 Å². The predicted octanol–water partition coefficient (Wildman–Crippen LogP) is 3.60. The van der Waals surface area contributed by atoms with Gasteiger partial charge < -0.3 is 14.6 Å². The molecule has 2 aromatic carbocycles. The zero-order chi connectivity index (χ0) is 15.4. The van der Waals surface area contributed by atoms with Crippen LogP contribution in [0.15, 0.2) is 65.2 Å². The molecule has 0 aliphatic rings. The average Bonchev–Trinajstić information content (AvgIpc) is 3.06. The van der Waals surface area contributed by atoms with Crippen molar-refractivity contribution in [1.82, 2.24) is 5.16 Å². The molecule has 0 fully saturated rings. The number of carbonyl (C=O) groups is 1. The van der Waals surface area contributed by atoms with Crippen LogP contribution in [0, 0.1) is 0 Å². The highest BCUT2D eigenvalue weighted by Crippen LogP contribution is 2.21. The van der Waals surface area contributed by atoms with Crippen LogP contribution in [0.1, 0.15) is 10.5 Å². The summed E-state index contributed by atoms with van der Waals surface area (Å²) in [5, 5.41) is 6.57. The molecule has 0 aliphatic heterocycles. The Hall–Kier alpha value is -3.08. The summed E-state index contributed by atoms with van der Waals surface area (Å²) in [6.07, 6.45) is 0. The van der Waals surface area contributed by atoms with Gasteiger partial charge in [0.05, 0.1) is 7.11 Å². The van der Waals surface area contributed by atoms with Crippen molar-refractivity contribution in [1.29, 1.82) is 0 Å². The summed E-state index contributed by atoms with van der Waals surface area (Å²) >= 11 is 0. The molecule has 22 heavy (non-hydrogen) atoms. The third-order valence-corrected chi connectivity index (χ3v) is 3.13. The lowest BCUT2D eigenvalue weighted by molar-refractivity contribution is 0.101. The van der Waals surface area contributed by atoms with Gasteiger partial charge in [0.1, 0.15) is 5.75 Å². The van der Waals surface area contributed by atoms with Gasteiger partial charge in [-0.15, -0.1) is 0 Å². The van der Waals surface area contributed by atoms with Crippen LogP contribution in [-0.4, -0.2) is 18.2 Å². The second kappa shape index (κ2) is 6.13. The minimum absolute atomic E-state index is 0.224. The first-order valence-corrected chi connectivity index (χ1v) is 6.74. The molecule has 0 radical (unpaired) electrons. The number of aromatic nitrogens is 1. The van der Waals surface area contributed by atoms with Crippen LogP contribution in [0.5, 0.6) is 5.75 Å². The van der Waals surface area contributed by atoms with Crippen LogP contribution in [0.4, 0.5) is 5.69 Å². The maximum Gasteiger partial charge on any atom is 0.277 e. The number of anilines is 1. The summed E-state index contributed by atoms with van der Waals surface area (Å²) in [6, 6.07) is 18.2. The molecule has 5 nitrogen and oxygen atoms in total. The van der Waals surface area contributed by atoms with Crippen LogP contribution in [0.3, 0.4) is 0 Å². The minimum Gasteiger partial charge on any atom is -0.497 e. The summed E-state index contributed by atoms with van der Waals surface area (Å²) in [4.78, 5) is 12.2. The molecule has 1 heterocycles. The van der Waals surface area contributed by atoms with Gasteiger partial charge in [-0.05, 0) is 12.1 Å². The van der Waals surface area contributed by atoms with E-state index in [4.69, 9.17) is 9.26 Å². The van der Waals surface area contributed by atoms with Gasteiger partial charge in [0, 0.05) is 23.4 Å². The molecule has 1 amide bonds. The third-order valence-electron chi connectivity index (χ3n) is 3.13. The molecule has 5 heteroatoms. The highest BCUT2D eigenvalue weighted by molar-refractivity contribution is 6.03. The fraction of sp³-hybridized carbons (Fsp3) is 0.0588. The number of nitrogens with one attached hydrogen (secondary N) is 1. The van der Waals surface area contributed by atoms with E-state index in [1.165, 1.54) is 0 Å². The zero-order valence-corrected chi connectivity index (χ0v) is 11.9. The number of hydrogen-bond donors (Lipinski definition) is 1. The molecule has 0 unspecified atom stereocenters. The van der Waals surface area contributed by atoms with E-state index in [1.807, 2.05) is 30.3 Å². The van der Waals surface area contributed by atoms with Crippen molar-refractivity contribution in [3.63, 3.8) is 0 Å². The Morgan fingerprint density at radius 3 is 2.68 bits per heavy atom. The largest absolute Gasteiger partial charge is 0.497 e. The molecular weight excluding hydrogens is 280 g/mol. The number of hydrogen-bond acceptors (Lipinski definition) is 4. The molecule has 3 rings (SSSR count). The Morgan fingerprint density at radius 1 is 1.09 bits per heavy atom. The predicted molar refractivity (Wildman–Crippen MR) is 82.9 cm³/mol. The van der Waals surface area contributed by atoms with E-state index in [-0.39, 0.29) is 11.6 Å². The van der Waals surface area contributed by atoms with Crippen molar-refractivity contribution < 1.29 is 14.1 Å². The van der Waals surface area contributed by atoms with Gasteiger partial charge in [-0.3, -0.25) is 4.79 Å². The molecule has 0 atom stereocenters. The number of benzene rings is 2. The van der Waals surface area contributed by atoms with Gasteiger partial charge in [-0.25, -0.2) is 0 Å². The Kier molecular flexibility index (Phi) is 3.87. The van der Waals surface area contributed by atoms with Gasteiger partial charge >= 0.3 is 0 Å². The summed E-state index contributed by atoms with van der Waals surface area (Å²) in [6.45, 7) is 0. The van der Waals surface area contributed by atoms with Crippen molar-refractivity contribution in [2.24, 2.45) is 0 Å². The maximum absolute atomic E-state index is 12.2. The summed E-state index contributed by atoms with van der Waals surface area (Å²) < 4.78 is 10.3. The number of methoxy groups -OCH3 is 1. The molecule has 1 N–H and O–H groups in total. The molecule has 3 aromatic rings. The van der Waals surface area contributed by atoms with Crippen molar-refractivity contribution in [3.8, 4) is 17.1 Å². The summed E-state index contributed by atoms with van der Waals surface area (Å²) in [5.41, 5.74) is 1.73. The number of rotatable bonds is 4. The Bertz CT molecular complexity index is 781. The number of nitrogens with zero attached hydrogens (tertiary/aromatic N) is 1. The molecule has 0 spiro atoms. The van der Waals surface area contributed by atoms with Crippen LogP contribution in [0.25, 0.3) is 11.3 Å². The third kappa shape index (κ3) is 2.98. The Morgan fingerprint density at radius 2 is 1.91 bits per heavy atom. The van der Waals surface area contributed by atoms with Crippen molar-refractivity contribution in [2.75, 3.05) is 12.4 Å². The van der Waals surface area contributed by atoms with E-state index in [0.717, 1.165) is 5.56 Å². The lowest BCUT2D eigenvalue weighted by Gasteiger charge is -2.04. The first-order chi connectivity index (χ1) is 10.8. The molecule has 0 bridgehead atoms. The van der Waals surface area contributed by atoms with Gasteiger partial charge in [-0.2, -0.15) is 0 Å². The van der Waals surface area contributed by atoms with Gasteiger partial charge in [0.15, 0.2) is 11.5 Å². The lowest BCUT2D eigenvalue weighted by Crippen LogP contribution is -2.12. The van der Waals surface area contributed by atoms with Crippen LogP contribution in [-0.2, 0) is 0 Å². The lowest BCUT2D eigenvalue weighted by atomic mass is 10.1. The molecule has 0 aliphatic carbocycles. The van der Waals surface area contributed by atoms with E-state index in [1.54, 1.807) is 37.4 Å². The topological polar surface area (TPSA) is 64.4 Å². The number of amides is 1. The molecule has 0 saturated carbocycles. The van der Waals surface area contributed by atoms with E-state index >= 15 is 0 Å². The first kappa shape index (κ1) is 13.9. The standard InChI is InChI=1S/C17H14N2O3/c1-21-14-9-5-8-13(10-14)18-17(20)15-11-16(22-19-15)12-6-3-2-4-7-12/h2-11H,1H3,(H,18,20). The monoisotopic (exact) mass is 294 g/mol. The van der Waals surface area contributed by atoms with Crippen molar-refractivity contribution in [2.45, 2.75) is 0 Å². The average molecular weight is 294 g/mol. The summed E-state index contributed by atoms with van der Waals surface area (Å²) in [7, 11) is 1.57. The fourth-order valence-corrected chi connectivity index (χ4v) is 2.02. The number of ether oxygens (including phenoxy) is 1. The van der Waals surface area contributed by atoms with Crippen molar-refractivity contribution >= 4 is 11.6 Å². The minimum atomic E-state index is -0.334. The second-order valence-electron chi connectivity index (χ2n) is 4.63. The Labute approximate surface area is 127 Å². The van der Waals surface area contributed by atoms with E-state index in [0.29, 0.717) is 17.2 Å². The van der Waals surface area contributed by atoms with E-state index in [9.17, 15) is 4.79 Å². The normalized spacial score (nSPS) is 10.2. The van der Waals surface area contributed by atoms with Crippen LogP contribution >= 0.6 is 0 Å². The smallest absolute Gasteiger partial charge is 0.277 e.